The van der Waals surface area contributed by atoms with Gasteiger partial charge in [-0.3, -0.25) is 0 Å². The van der Waals surface area contributed by atoms with Crippen LogP contribution in [0, 0.1) is 13.8 Å². The number of hydrogen-bond donors (Lipinski definition) is 0. The fourth-order valence-electron chi connectivity index (χ4n) is 1.97. The molecular weight excluding hydrogens is 210 g/mol. The van der Waals surface area contributed by atoms with E-state index in [1.165, 1.54) is 11.1 Å². The topological polar surface area (TPSA) is 30.7 Å². The highest BCUT2D eigenvalue weighted by atomic mass is 15.3. The van der Waals surface area contributed by atoms with Crippen molar-refractivity contribution in [3.8, 4) is 11.4 Å². The highest BCUT2D eigenvalue weighted by Gasteiger charge is 2.19. The van der Waals surface area contributed by atoms with Crippen molar-refractivity contribution in [1.82, 2.24) is 14.8 Å². The monoisotopic (exact) mass is 229 g/mol. The zero-order valence-electron chi connectivity index (χ0n) is 11.2. The van der Waals surface area contributed by atoms with Gasteiger partial charge in [-0.2, -0.15) is 0 Å². The summed E-state index contributed by atoms with van der Waals surface area (Å²) in [5, 5.41) is 8.30. The van der Waals surface area contributed by atoms with Gasteiger partial charge in [0.05, 0.1) is 0 Å². The molecule has 0 spiro atoms. The zero-order chi connectivity index (χ0) is 12.6. The minimum Gasteiger partial charge on any atom is -0.308 e. The summed E-state index contributed by atoms with van der Waals surface area (Å²) >= 11 is 0. The minimum absolute atomic E-state index is 0.00381. The highest BCUT2D eigenvalue weighted by molar-refractivity contribution is 5.60. The van der Waals surface area contributed by atoms with Crippen LogP contribution in [0.5, 0.6) is 0 Å². The van der Waals surface area contributed by atoms with E-state index in [1.807, 2.05) is 0 Å². The van der Waals surface area contributed by atoms with Crippen LogP contribution in [0.15, 0.2) is 24.5 Å². The molecule has 0 radical (unpaired) electrons. The molecule has 0 fully saturated rings. The summed E-state index contributed by atoms with van der Waals surface area (Å²) in [7, 11) is 0. The lowest BCUT2D eigenvalue weighted by Crippen LogP contribution is -2.22. The van der Waals surface area contributed by atoms with Crippen molar-refractivity contribution in [1.29, 1.82) is 0 Å². The van der Waals surface area contributed by atoms with E-state index >= 15 is 0 Å². The molecule has 2 rings (SSSR count). The van der Waals surface area contributed by atoms with Crippen molar-refractivity contribution < 1.29 is 0 Å². The van der Waals surface area contributed by atoms with E-state index in [4.69, 9.17) is 0 Å². The Morgan fingerprint density at radius 2 is 1.82 bits per heavy atom. The van der Waals surface area contributed by atoms with E-state index in [0.29, 0.717) is 0 Å². The van der Waals surface area contributed by atoms with Crippen molar-refractivity contribution in [3.63, 3.8) is 0 Å². The summed E-state index contributed by atoms with van der Waals surface area (Å²) in [6.07, 6.45) is 1.80. The molecule has 0 amide bonds. The number of aryl methyl sites for hydroxylation is 2. The SMILES string of the molecule is Cc1ccc(-c2nncn2C(C)(C)C)c(C)c1. The fourth-order valence-corrected chi connectivity index (χ4v) is 1.97. The van der Waals surface area contributed by atoms with Crippen LogP contribution >= 0.6 is 0 Å². The molecule has 0 aliphatic carbocycles. The van der Waals surface area contributed by atoms with Crippen LogP contribution in [-0.4, -0.2) is 14.8 Å². The molecule has 1 aromatic heterocycles. The molecule has 0 unspecified atom stereocenters. The zero-order valence-corrected chi connectivity index (χ0v) is 11.2. The molecule has 3 heteroatoms. The summed E-state index contributed by atoms with van der Waals surface area (Å²) in [4.78, 5) is 0. The maximum absolute atomic E-state index is 4.26. The molecule has 0 saturated heterocycles. The van der Waals surface area contributed by atoms with Crippen molar-refractivity contribution in [2.45, 2.75) is 40.2 Å². The standard InChI is InChI=1S/C14H19N3/c1-10-6-7-12(11(2)8-10)13-16-15-9-17(13)14(3,4)5/h6-9H,1-5H3. The Hall–Kier alpha value is -1.64. The average molecular weight is 229 g/mol. The van der Waals surface area contributed by atoms with E-state index in [1.54, 1.807) is 6.33 Å². The first-order chi connectivity index (χ1) is 7.89. The Bertz CT molecular complexity index is 533. The van der Waals surface area contributed by atoms with Crippen LogP contribution in [-0.2, 0) is 5.54 Å². The molecule has 1 heterocycles. The Balaban J connectivity index is 2.58. The Kier molecular flexibility index (Phi) is 2.77. The molecule has 3 nitrogen and oxygen atoms in total. The van der Waals surface area contributed by atoms with E-state index in [2.05, 4.69) is 67.6 Å². The van der Waals surface area contributed by atoms with Gasteiger partial charge in [0, 0.05) is 11.1 Å². The Morgan fingerprint density at radius 3 is 2.41 bits per heavy atom. The van der Waals surface area contributed by atoms with Gasteiger partial charge in [0.2, 0.25) is 0 Å². The number of rotatable bonds is 1. The van der Waals surface area contributed by atoms with Gasteiger partial charge in [-0.05, 0) is 40.2 Å². The van der Waals surface area contributed by atoms with E-state index < -0.39 is 0 Å². The second-order valence-corrected chi connectivity index (χ2v) is 5.51. The predicted molar refractivity (Wildman–Crippen MR) is 69.9 cm³/mol. The molecule has 0 saturated carbocycles. The third kappa shape index (κ3) is 2.23. The maximum Gasteiger partial charge on any atom is 0.164 e. The van der Waals surface area contributed by atoms with Gasteiger partial charge in [-0.1, -0.05) is 23.8 Å². The highest BCUT2D eigenvalue weighted by Crippen LogP contribution is 2.26. The summed E-state index contributed by atoms with van der Waals surface area (Å²) in [5.41, 5.74) is 3.66. The number of benzene rings is 1. The second-order valence-electron chi connectivity index (χ2n) is 5.51. The molecule has 1 aromatic carbocycles. The summed E-state index contributed by atoms with van der Waals surface area (Å²) < 4.78 is 2.12. The lowest BCUT2D eigenvalue weighted by Gasteiger charge is -2.22. The average Bonchev–Trinajstić information content (AvgIpc) is 2.65. The van der Waals surface area contributed by atoms with Gasteiger partial charge in [-0.25, -0.2) is 0 Å². The third-order valence-electron chi connectivity index (χ3n) is 2.89. The largest absolute Gasteiger partial charge is 0.308 e. The molecule has 0 N–H and O–H groups in total. The van der Waals surface area contributed by atoms with Gasteiger partial charge >= 0.3 is 0 Å². The second kappa shape index (κ2) is 3.99. The van der Waals surface area contributed by atoms with Crippen LogP contribution in [0.3, 0.4) is 0 Å². The van der Waals surface area contributed by atoms with Crippen molar-refractivity contribution >= 4 is 0 Å². The summed E-state index contributed by atoms with van der Waals surface area (Å²) in [6, 6.07) is 6.41. The van der Waals surface area contributed by atoms with Gasteiger partial charge in [0.15, 0.2) is 5.82 Å². The molecule has 0 bridgehead atoms. The predicted octanol–water partition coefficient (Wildman–Crippen LogP) is 3.32. The van der Waals surface area contributed by atoms with Crippen LogP contribution in [0.25, 0.3) is 11.4 Å². The molecule has 0 atom stereocenters. The number of aromatic nitrogens is 3. The molecule has 17 heavy (non-hydrogen) atoms. The lowest BCUT2D eigenvalue weighted by molar-refractivity contribution is 0.399. The molecule has 2 aromatic rings. The lowest BCUT2D eigenvalue weighted by atomic mass is 10.0. The minimum atomic E-state index is -0.00381. The van der Waals surface area contributed by atoms with Gasteiger partial charge in [-0.15, -0.1) is 10.2 Å². The van der Waals surface area contributed by atoms with Crippen LogP contribution in [0.4, 0.5) is 0 Å². The maximum atomic E-state index is 4.26. The van der Waals surface area contributed by atoms with Gasteiger partial charge in [0.1, 0.15) is 6.33 Å². The molecular formula is C14H19N3. The molecule has 0 aliphatic heterocycles. The van der Waals surface area contributed by atoms with Gasteiger partial charge < -0.3 is 4.57 Å². The van der Waals surface area contributed by atoms with E-state index in [-0.39, 0.29) is 5.54 Å². The smallest absolute Gasteiger partial charge is 0.164 e. The van der Waals surface area contributed by atoms with Crippen LogP contribution in [0.2, 0.25) is 0 Å². The summed E-state index contributed by atoms with van der Waals surface area (Å²) in [6.45, 7) is 10.7. The normalized spacial score (nSPS) is 11.8. The van der Waals surface area contributed by atoms with Crippen molar-refractivity contribution in [2.24, 2.45) is 0 Å². The van der Waals surface area contributed by atoms with Crippen molar-refractivity contribution in [2.75, 3.05) is 0 Å². The van der Waals surface area contributed by atoms with Crippen LogP contribution in [0.1, 0.15) is 31.9 Å². The summed E-state index contributed by atoms with van der Waals surface area (Å²) in [5.74, 6) is 0.940. The van der Waals surface area contributed by atoms with Gasteiger partial charge in [0.25, 0.3) is 0 Å². The van der Waals surface area contributed by atoms with E-state index in [0.717, 1.165) is 11.4 Å². The number of hydrogen-bond acceptors (Lipinski definition) is 2. The van der Waals surface area contributed by atoms with E-state index in [9.17, 15) is 0 Å². The quantitative estimate of drug-likeness (QED) is 0.751. The van der Waals surface area contributed by atoms with Crippen molar-refractivity contribution in [3.05, 3.63) is 35.7 Å². The molecule has 0 aliphatic rings. The fraction of sp³-hybridized carbons (Fsp3) is 0.429. The first-order valence-corrected chi connectivity index (χ1v) is 5.88. The first-order valence-electron chi connectivity index (χ1n) is 5.88. The first kappa shape index (κ1) is 11.8. The Morgan fingerprint density at radius 1 is 1.12 bits per heavy atom. The number of nitrogens with zero attached hydrogens (tertiary/aromatic N) is 3. The Labute approximate surface area is 103 Å². The third-order valence-corrected chi connectivity index (χ3v) is 2.89. The molecule has 90 valence electrons. The van der Waals surface area contributed by atoms with Crippen LogP contribution < -0.4 is 0 Å².